The average Bonchev–Trinajstić information content (AvgIpc) is 2.70. The monoisotopic (exact) mass is 388 g/mol. The lowest BCUT2D eigenvalue weighted by Gasteiger charge is -2.10. The van der Waals surface area contributed by atoms with Crippen LogP contribution < -0.4 is 11.2 Å². The predicted octanol–water partition coefficient (Wildman–Crippen LogP) is 3.67. The number of aromatic nitrogens is 2. The van der Waals surface area contributed by atoms with Crippen LogP contribution in [0.1, 0.15) is 16.7 Å². The minimum Gasteiger partial charge on any atom is -0.306 e. The maximum atomic E-state index is 14.7. The van der Waals surface area contributed by atoms with Crippen molar-refractivity contribution in [2.24, 2.45) is 0 Å². The predicted molar refractivity (Wildman–Crippen MR) is 107 cm³/mol. The van der Waals surface area contributed by atoms with Crippen molar-refractivity contribution in [1.82, 2.24) is 9.55 Å². The molecule has 0 aliphatic carbocycles. The summed E-state index contributed by atoms with van der Waals surface area (Å²) in [5, 5.41) is 0.163. The first-order valence-electron chi connectivity index (χ1n) is 8.77. The Hall–Kier alpha value is -3.98. The van der Waals surface area contributed by atoms with Crippen molar-refractivity contribution in [3.05, 3.63) is 110 Å². The second-order valence-electron chi connectivity index (χ2n) is 6.47. The number of H-pyrrole nitrogens is 1. The molecule has 142 valence electrons. The van der Waals surface area contributed by atoms with E-state index in [9.17, 15) is 18.4 Å². The fourth-order valence-electron chi connectivity index (χ4n) is 3.11. The van der Waals surface area contributed by atoms with Crippen molar-refractivity contribution in [2.75, 3.05) is 0 Å². The molecule has 0 spiro atoms. The van der Waals surface area contributed by atoms with Crippen molar-refractivity contribution < 1.29 is 8.78 Å². The fraction of sp³-hybridized carbons (Fsp3) is 0.0435. The van der Waals surface area contributed by atoms with E-state index in [1.165, 1.54) is 6.07 Å². The molecule has 3 aromatic carbocycles. The van der Waals surface area contributed by atoms with E-state index in [-0.39, 0.29) is 10.9 Å². The van der Waals surface area contributed by atoms with Crippen molar-refractivity contribution in [3.63, 3.8) is 0 Å². The molecule has 0 atom stereocenters. The van der Waals surface area contributed by atoms with Gasteiger partial charge < -0.3 is 4.98 Å². The number of nitrogens with one attached hydrogen (secondary N) is 1. The Balaban J connectivity index is 1.88. The van der Waals surface area contributed by atoms with Gasteiger partial charge in [0.15, 0.2) is 11.6 Å². The summed E-state index contributed by atoms with van der Waals surface area (Å²) in [7, 11) is 0. The van der Waals surface area contributed by atoms with E-state index in [1.807, 2.05) is 6.07 Å². The van der Waals surface area contributed by atoms with Gasteiger partial charge in [0.1, 0.15) is 5.69 Å². The van der Waals surface area contributed by atoms with Gasteiger partial charge in [0.2, 0.25) is 0 Å². The van der Waals surface area contributed by atoms with Crippen molar-refractivity contribution in [3.8, 4) is 17.5 Å². The van der Waals surface area contributed by atoms with E-state index in [0.29, 0.717) is 21.2 Å². The highest BCUT2D eigenvalue weighted by atomic mass is 19.1. The third-order valence-electron chi connectivity index (χ3n) is 4.51. The maximum absolute atomic E-state index is 14.7. The molecule has 0 fully saturated rings. The summed E-state index contributed by atoms with van der Waals surface area (Å²) in [5.74, 6) is 3.38. The standard InChI is InChI=1S/C23H14F2N2O2/c1-14-6-5-9-17-20(14)26-23(29)27(22(17)28)21-18(24)12-16(13-19(21)25)11-10-15-7-3-2-4-8-15/h2-9,12-13H,1H3,(H,26,29). The third kappa shape index (κ3) is 3.34. The molecule has 0 aliphatic rings. The summed E-state index contributed by atoms with van der Waals surface area (Å²) < 4.78 is 30.0. The zero-order valence-corrected chi connectivity index (χ0v) is 15.3. The molecule has 6 heteroatoms. The second-order valence-corrected chi connectivity index (χ2v) is 6.47. The molecule has 0 saturated heterocycles. The first-order valence-corrected chi connectivity index (χ1v) is 8.77. The van der Waals surface area contributed by atoms with Crippen LogP contribution in [0.3, 0.4) is 0 Å². The highest BCUT2D eigenvalue weighted by Gasteiger charge is 2.19. The molecule has 1 heterocycles. The summed E-state index contributed by atoms with van der Waals surface area (Å²) in [4.78, 5) is 27.8. The number of halogens is 2. The van der Waals surface area contributed by atoms with Gasteiger partial charge in [0, 0.05) is 11.1 Å². The molecule has 0 saturated carbocycles. The van der Waals surface area contributed by atoms with E-state index >= 15 is 0 Å². The minimum atomic E-state index is -1.05. The number of benzene rings is 3. The van der Waals surface area contributed by atoms with Crippen LogP contribution in [0, 0.1) is 30.4 Å². The highest BCUT2D eigenvalue weighted by molar-refractivity contribution is 5.80. The zero-order chi connectivity index (χ0) is 20.5. The molecule has 1 aromatic heterocycles. The maximum Gasteiger partial charge on any atom is 0.333 e. The van der Waals surface area contributed by atoms with Gasteiger partial charge in [-0.2, -0.15) is 0 Å². The van der Waals surface area contributed by atoms with Crippen molar-refractivity contribution in [2.45, 2.75) is 6.92 Å². The molecule has 0 aliphatic heterocycles. The Morgan fingerprint density at radius 3 is 2.21 bits per heavy atom. The number of nitrogens with zero attached hydrogens (tertiary/aromatic N) is 1. The van der Waals surface area contributed by atoms with Crippen LogP contribution in [0.15, 0.2) is 70.3 Å². The van der Waals surface area contributed by atoms with Crippen molar-refractivity contribution in [1.29, 1.82) is 0 Å². The highest BCUT2D eigenvalue weighted by Crippen LogP contribution is 2.19. The van der Waals surface area contributed by atoms with Gasteiger partial charge in [0.25, 0.3) is 5.56 Å². The molecule has 1 N–H and O–H groups in total. The summed E-state index contributed by atoms with van der Waals surface area (Å²) in [5.41, 5.74) is -0.652. The molecular formula is C23H14F2N2O2. The first kappa shape index (κ1) is 18.4. The number of aryl methyl sites for hydroxylation is 1. The van der Waals surface area contributed by atoms with E-state index in [2.05, 4.69) is 16.8 Å². The minimum absolute atomic E-state index is 0.0914. The van der Waals surface area contributed by atoms with Gasteiger partial charge in [-0.1, -0.05) is 42.2 Å². The number of aromatic amines is 1. The van der Waals surface area contributed by atoms with E-state index in [4.69, 9.17) is 0 Å². The largest absolute Gasteiger partial charge is 0.333 e. The Morgan fingerprint density at radius 1 is 0.862 bits per heavy atom. The van der Waals surface area contributed by atoms with Crippen LogP contribution in [0.25, 0.3) is 16.6 Å². The molecule has 0 bridgehead atoms. The molecule has 4 aromatic rings. The van der Waals surface area contributed by atoms with E-state index in [1.54, 1.807) is 43.3 Å². The van der Waals surface area contributed by atoms with Gasteiger partial charge in [-0.25, -0.2) is 18.1 Å². The van der Waals surface area contributed by atoms with Gasteiger partial charge in [-0.05, 0) is 42.8 Å². The van der Waals surface area contributed by atoms with Crippen LogP contribution in [0.4, 0.5) is 8.78 Å². The van der Waals surface area contributed by atoms with Crippen LogP contribution in [0.5, 0.6) is 0 Å². The molecule has 0 radical (unpaired) electrons. The molecule has 29 heavy (non-hydrogen) atoms. The van der Waals surface area contributed by atoms with E-state index < -0.39 is 28.6 Å². The van der Waals surface area contributed by atoms with Crippen molar-refractivity contribution >= 4 is 10.9 Å². The lowest BCUT2D eigenvalue weighted by Crippen LogP contribution is -2.35. The van der Waals surface area contributed by atoms with Crippen LogP contribution >= 0.6 is 0 Å². The lowest BCUT2D eigenvalue weighted by atomic mass is 10.1. The normalized spacial score (nSPS) is 10.6. The molecule has 0 amide bonds. The summed E-state index contributed by atoms with van der Waals surface area (Å²) in [6, 6.07) is 15.8. The molecule has 4 nitrogen and oxygen atoms in total. The smallest absolute Gasteiger partial charge is 0.306 e. The third-order valence-corrected chi connectivity index (χ3v) is 4.51. The SMILES string of the molecule is Cc1cccc2c(=O)n(-c3c(F)cc(C#Cc4ccccc4)cc3F)c(=O)[nH]c12. The van der Waals surface area contributed by atoms with Crippen LogP contribution in [-0.2, 0) is 0 Å². The average molecular weight is 388 g/mol. The van der Waals surface area contributed by atoms with E-state index in [0.717, 1.165) is 12.1 Å². The Morgan fingerprint density at radius 2 is 1.52 bits per heavy atom. The summed E-state index contributed by atoms with van der Waals surface area (Å²) in [6.45, 7) is 1.73. The van der Waals surface area contributed by atoms with Gasteiger partial charge in [-0.3, -0.25) is 4.79 Å². The number of hydrogen-bond donors (Lipinski definition) is 1. The Labute approximate surface area is 164 Å². The molecule has 0 unspecified atom stereocenters. The van der Waals surface area contributed by atoms with Crippen LogP contribution in [0.2, 0.25) is 0 Å². The Bertz CT molecular complexity index is 1400. The first-order chi connectivity index (χ1) is 14.0. The quantitative estimate of drug-likeness (QED) is 0.506. The summed E-state index contributed by atoms with van der Waals surface area (Å²) >= 11 is 0. The van der Waals surface area contributed by atoms with Gasteiger partial charge in [0.05, 0.1) is 10.9 Å². The lowest BCUT2D eigenvalue weighted by molar-refractivity contribution is 0.562. The fourth-order valence-corrected chi connectivity index (χ4v) is 3.11. The summed E-state index contributed by atoms with van der Waals surface area (Å²) in [6.07, 6.45) is 0. The van der Waals surface area contributed by atoms with Gasteiger partial charge >= 0.3 is 5.69 Å². The number of para-hydroxylation sites is 1. The van der Waals surface area contributed by atoms with Crippen LogP contribution in [-0.4, -0.2) is 9.55 Å². The number of fused-ring (bicyclic) bond motifs is 1. The van der Waals surface area contributed by atoms with Gasteiger partial charge in [-0.15, -0.1) is 0 Å². The topological polar surface area (TPSA) is 54.9 Å². The number of rotatable bonds is 1. The Kier molecular flexibility index (Phi) is 4.57. The zero-order valence-electron chi connectivity index (χ0n) is 15.3. The number of hydrogen-bond acceptors (Lipinski definition) is 2. The molecular weight excluding hydrogens is 374 g/mol. The molecule has 4 rings (SSSR count). The second kappa shape index (κ2) is 7.21.